The van der Waals surface area contributed by atoms with Gasteiger partial charge in [0.1, 0.15) is 0 Å². The summed E-state index contributed by atoms with van der Waals surface area (Å²) in [4.78, 5) is 22.2. The molecule has 2 atom stereocenters. The lowest BCUT2D eigenvalue weighted by atomic mass is 9.79. The second-order valence-corrected chi connectivity index (χ2v) is 3.57. The molecule has 1 rings (SSSR count). The number of hydrogen-bond donors (Lipinski definition) is 0. The molecular formula is C10H15O4-. The first kappa shape index (κ1) is 11.0. The summed E-state index contributed by atoms with van der Waals surface area (Å²) in [5, 5.41) is 10.8. The number of carboxylic acids is 1. The molecule has 0 aromatic heterocycles. The third-order valence-corrected chi connectivity index (χ3v) is 2.66. The summed E-state index contributed by atoms with van der Waals surface area (Å²) in [5.74, 6) is -2.65. The first-order chi connectivity index (χ1) is 6.66. The molecule has 4 heteroatoms. The third kappa shape index (κ3) is 2.47. The van der Waals surface area contributed by atoms with Gasteiger partial charge in [0, 0.05) is 11.9 Å². The van der Waals surface area contributed by atoms with E-state index in [9.17, 15) is 14.7 Å². The van der Waals surface area contributed by atoms with E-state index in [4.69, 9.17) is 4.74 Å². The molecule has 0 aliphatic heterocycles. The van der Waals surface area contributed by atoms with Crippen LogP contribution in [0.2, 0.25) is 0 Å². The van der Waals surface area contributed by atoms with Crippen molar-refractivity contribution in [3.05, 3.63) is 0 Å². The minimum Gasteiger partial charge on any atom is -0.550 e. The van der Waals surface area contributed by atoms with Gasteiger partial charge in [0.05, 0.1) is 12.5 Å². The summed E-state index contributed by atoms with van der Waals surface area (Å²) < 4.78 is 4.83. The van der Waals surface area contributed by atoms with Gasteiger partial charge in [-0.25, -0.2) is 0 Å². The van der Waals surface area contributed by atoms with Gasteiger partial charge in [-0.1, -0.05) is 12.8 Å². The highest BCUT2D eigenvalue weighted by atomic mass is 16.5. The van der Waals surface area contributed by atoms with E-state index in [-0.39, 0.29) is 5.97 Å². The van der Waals surface area contributed by atoms with Crippen LogP contribution < -0.4 is 5.11 Å². The molecule has 14 heavy (non-hydrogen) atoms. The summed E-state index contributed by atoms with van der Waals surface area (Å²) in [6.07, 6.45) is 2.89. The van der Waals surface area contributed by atoms with Crippen LogP contribution in [0.25, 0.3) is 0 Å². The zero-order valence-electron chi connectivity index (χ0n) is 8.32. The van der Waals surface area contributed by atoms with Crippen molar-refractivity contribution in [2.45, 2.75) is 32.6 Å². The molecule has 0 aromatic carbocycles. The fourth-order valence-electron chi connectivity index (χ4n) is 1.94. The van der Waals surface area contributed by atoms with Gasteiger partial charge in [0.25, 0.3) is 0 Å². The van der Waals surface area contributed by atoms with Gasteiger partial charge < -0.3 is 14.6 Å². The quantitative estimate of drug-likeness (QED) is 0.605. The Morgan fingerprint density at radius 3 is 2.36 bits per heavy atom. The fraction of sp³-hybridized carbons (Fsp3) is 0.800. The van der Waals surface area contributed by atoms with Crippen molar-refractivity contribution in [3.63, 3.8) is 0 Å². The Hall–Kier alpha value is -1.06. The molecule has 0 N–H and O–H groups in total. The van der Waals surface area contributed by atoms with E-state index in [2.05, 4.69) is 0 Å². The molecule has 0 amide bonds. The Morgan fingerprint density at radius 1 is 1.29 bits per heavy atom. The second-order valence-electron chi connectivity index (χ2n) is 3.57. The Balaban J connectivity index is 2.62. The van der Waals surface area contributed by atoms with E-state index in [1.807, 2.05) is 0 Å². The predicted octanol–water partition coefficient (Wildman–Crippen LogP) is 0.106. The van der Waals surface area contributed by atoms with Crippen LogP contribution in [0, 0.1) is 11.8 Å². The number of esters is 1. The zero-order chi connectivity index (χ0) is 10.6. The van der Waals surface area contributed by atoms with Gasteiger partial charge in [-0.05, 0) is 19.8 Å². The van der Waals surface area contributed by atoms with Gasteiger partial charge in [-0.2, -0.15) is 0 Å². The van der Waals surface area contributed by atoms with Gasteiger partial charge in [0.15, 0.2) is 0 Å². The Morgan fingerprint density at radius 2 is 1.86 bits per heavy atom. The van der Waals surface area contributed by atoms with Crippen molar-refractivity contribution < 1.29 is 19.4 Å². The van der Waals surface area contributed by atoms with Crippen LogP contribution in [0.5, 0.6) is 0 Å². The molecule has 0 heterocycles. The lowest BCUT2D eigenvalue weighted by Gasteiger charge is -2.30. The molecule has 0 saturated heterocycles. The first-order valence-electron chi connectivity index (χ1n) is 5.04. The van der Waals surface area contributed by atoms with Crippen LogP contribution in [-0.2, 0) is 14.3 Å². The topological polar surface area (TPSA) is 66.4 Å². The molecule has 4 nitrogen and oxygen atoms in total. The SMILES string of the molecule is CCOC(=O)C1CCCCC1C(=O)[O-]. The van der Waals surface area contributed by atoms with Crippen LogP contribution in [0.15, 0.2) is 0 Å². The van der Waals surface area contributed by atoms with E-state index in [1.54, 1.807) is 6.92 Å². The van der Waals surface area contributed by atoms with Crippen LogP contribution in [-0.4, -0.2) is 18.5 Å². The number of carbonyl (C=O) groups is 2. The van der Waals surface area contributed by atoms with Crippen LogP contribution in [0.1, 0.15) is 32.6 Å². The fourth-order valence-corrected chi connectivity index (χ4v) is 1.94. The number of carbonyl (C=O) groups excluding carboxylic acids is 2. The summed E-state index contributed by atoms with van der Waals surface area (Å²) in [7, 11) is 0. The van der Waals surface area contributed by atoms with E-state index in [1.165, 1.54) is 0 Å². The molecule has 0 radical (unpaired) electrons. The number of hydrogen-bond acceptors (Lipinski definition) is 4. The standard InChI is InChI=1S/C10H16O4/c1-2-14-10(13)8-6-4-3-5-7(8)9(11)12/h7-8H,2-6H2,1H3,(H,11,12)/p-1. The highest BCUT2D eigenvalue weighted by Gasteiger charge is 2.32. The average molecular weight is 199 g/mol. The number of rotatable bonds is 3. The number of carboxylic acid groups (broad SMARTS) is 1. The van der Waals surface area contributed by atoms with E-state index < -0.39 is 17.8 Å². The molecule has 1 aliphatic rings. The average Bonchev–Trinajstić information content (AvgIpc) is 2.18. The molecule has 0 bridgehead atoms. The highest BCUT2D eigenvalue weighted by molar-refractivity contribution is 5.80. The molecule has 1 saturated carbocycles. The van der Waals surface area contributed by atoms with Gasteiger partial charge in [-0.15, -0.1) is 0 Å². The first-order valence-corrected chi connectivity index (χ1v) is 5.04. The van der Waals surface area contributed by atoms with Crippen LogP contribution >= 0.6 is 0 Å². The molecular weight excluding hydrogens is 184 g/mol. The monoisotopic (exact) mass is 199 g/mol. The van der Waals surface area contributed by atoms with Crippen molar-refractivity contribution in [2.24, 2.45) is 11.8 Å². The Bertz CT molecular complexity index is 224. The van der Waals surface area contributed by atoms with E-state index in [0.29, 0.717) is 19.4 Å². The van der Waals surface area contributed by atoms with Crippen LogP contribution in [0.3, 0.4) is 0 Å². The molecule has 0 spiro atoms. The van der Waals surface area contributed by atoms with E-state index >= 15 is 0 Å². The lowest BCUT2D eigenvalue weighted by Crippen LogP contribution is -2.41. The summed E-state index contributed by atoms with van der Waals surface area (Å²) in [6.45, 7) is 2.02. The highest BCUT2D eigenvalue weighted by Crippen LogP contribution is 2.30. The zero-order valence-corrected chi connectivity index (χ0v) is 8.32. The minimum atomic E-state index is -1.12. The van der Waals surface area contributed by atoms with Gasteiger partial charge in [-0.3, -0.25) is 4.79 Å². The molecule has 1 fully saturated rings. The molecule has 0 aromatic rings. The van der Waals surface area contributed by atoms with Crippen molar-refractivity contribution in [3.8, 4) is 0 Å². The minimum absolute atomic E-state index is 0.301. The summed E-state index contributed by atoms with van der Waals surface area (Å²) >= 11 is 0. The second kappa shape index (κ2) is 4.98. The largest absolute Gasteiger partial charge is 0.550 e. The van der Waals surface area contributed by atoms with Crippen LogP contribution in [0.4, 0.5) is 0 Å². The molecule has 2 unspecified atom stereocenters. The maximum atomic E-state index is 11.4. The summed E-state index contributed by atoms with van der Waals surface area (Å²) in [5.41, 5.74) is 0. The normalized spacial score (nSPS) is 26.9. The maximum absolute atomic E-state index is 11.4. The number of ether oxygens (including phenoxy) is 1. The number of aliphatic carboxylic acids is 1. The summed E-state index contributed by atoms with van der Waals surface area (Å²) in [6, 6.07) is 0. The van der Waals surface area contributed by atoms with Crippen molar-refractivity contribution in [2.75, 3.05) is 6.61 Å². The van der Waals surface area contributed by atoms with Crippen molar-refractivity contribution in [1.29, 1.82) is 0 Å². The Labute approximate surface area is 83.2 Å². The lowest BCUT2D eigenvalue weighted by molar-refractivity contribution is -0.314. The maximum Gasteiger partial charge on any atom is 0.309 e. The van der Waals surface area contributed by atoms with Crippen molar-refractivity contribution >= 4 is 11.9 Å². The smallest absolute Gasteiger partial charge is 0.309 e. The third-order valence-electron chi connectivity index (χ3n) is 2.66. The predicted molar refractivity (Wildman–Crippen MR) is 47.1 cm³/mol. The molecule has 80 valence electrons. The van der Waals surface area contributed by atoms with Crippen molar-refractivity contribution in [1.82, 2.24) is 0 Å². The van der Waals surface area contributed by atoms with E-state index in [0.717, 1.165) is 12.8 Å². The van der Waals surface area contributed by atoms with Gasteiger partial charge >= 0.3 is 5.97 Å². The Kier molecular flexibility index (Phi) is 3.92. The van der Waals surface area contributed by atoms with Gasteiger partial charge in [0.2, 0.25) is 0 Å². The molecule has 1 aliphatic carbocycles.